The van der Waals surface area contributed by atoms with Crippen LogP contribution in [-0.2, 0) is 11.2 Å². The monoisotopic (exact) mass is 216 g/mol. The Kier molecular flexibility index (Phi) is 2.53. The second kappa shape index (κ2) is 3.43. The molecular weight excluding hydrogens is 212 g/mol. The summed E-state index contributed by atoms with van der Waals surface area (Å²) >= 11 is 3.11. The molecule has 0 bridgehead atoms. The highest BCUT2D eigenvalue weighted by molar-refractivity contribution is 9.10. The minimum atomic E-state index is -0.893. The molecule has 0 spiro atoms. The first-order valence-corrected chi connectivity index (χ1v) is 3.66. The number of halogens is 1. The average molecular weight is 217 g/mol. The Morgan fingerprint density at radius 3 is 2.91 bits per heavy atom. The molecule has 11 heavy (non-hydrogen) atoms. The predicted molar refractivity (Wildman–Crippen MR) is 41.1 cm³/mol. The van der Waals surface area contributed by atoms with Crippen LogP contribution in [0.25, 0.3) is 0 Å². The zero-order valence-corrected chi connectivity index (χ0v) is 7.08. The van der Waals surface area contributed by atoms with Crippen LogP contribution in [0.15, 0.2) is 17.0 Å². The van der Waals surface area contributed by atoms with E-state index in [4.69, 9.17) is 5.11 Å². The van der Waals surface area contributed by atoms with E-state index in [0.717, 1.165) is 0 Å². The Balaban J connectivity index is 2.79. The van der Waals surface area contributed by atoms with Crippen molar-refractivity contribution in [1.29, 1.82) is 0 Å². The molecule has 0 aliphatic carbocycles. The molecule has 1 aromatic heterocycles. The molecule has 0 aliphatic rings. The summed E-state index contributed by atoms with van der Waals surface area (Å²) in [5, 5.41) is 8.38. The highest BCUT2D eigenvalue weighted by atomic mass is 79.9. The van der Waals surface area contributed by atoms with Crippen molar-refractivity contribution in [3.05, 3.63) is 22.7 Å². The Labute approximate surface area is 71.4 Å². The molecule has 1 heterocycles. The number of hydrogen-bond donors (Lipinski definition) is 1. The lowest BCUT2D eigenvalue weighted by Crippen LogP contribution is -2.02. The molecule has 1 aromatic rings. The number of rotatable bonds is 2. The van der Waals surface area contributed by atoms with Crippen molar-refractivity contribution in [1.82, 2.24) is 9.97 Å². The van der Waals surface area contributed by atoms with Gasteiger partial charge in [-0.25, -0.2) is 9.97 Å². The van der Waals surface area contributed by atoms with Crippen LogP contribution < -0.4 is 0 Å². The average Bonchev–Trinajstić information content (AvgIpc) is 1.85. The van der Waals surface area contributed by atoms with E-state index in [0.29, 0.717) is 10.3 Å². The Morgan fingerprint density at radius 1 is 1.64 bits per heavy atom. The van der Waals surface area contributed by atoms with Gasteiger partial charge in [0, 0.05) is 0 Å². The van der Waals surface area contributed by atoms with E-state index in [2.05, 4.69) is 25.9 Å². The van der Waals surface area contributed by atoms with Crippen LogP contribution in [0.3, 0.4) is 0 Å². The lowest BCUT2D eigenvalue weighted by molar-refractivity contribution is -0.136. The maximum atomic E-state index is 10.2. The van der Waals surface area contributed by atoms with Crippen LogP contribution >= 0.6 is 15.9 Å². The predicted octanol–water partition coefficient (Wildman–Crippen LogP) is 0.866. The molecule has 5 heteroatoms. The van der Waals surface area contributed by atoms with Gasteiger partial charge in [0.05, 0.1) is 12.1 Å². The number of hydrogen-bond acceptors (Lipinski definition) is 3. The lowest BCUT2D eigenvalue weighted by Gasteiger charge is -1.94. The molecule has 4 nitrogen and oxygen atoms in total. The van der Waals surface area contributed by atoms with Gasteiger partial charge in [-0.2, -0.15) is 0 Å². The summed E-state index contributed by atoms with van der Waals surface area (Å²) in [6.07, 6.45) is 1.25. The highest BCUT2D eigenvalue weighted by Crippen LogP contribution is 2.05. The molecule has 0 saturated carbocycles. The van der Waals surface area contributed by atoms with Crippen molar-refractivity contribution in [3.63, 3.8) is 0 Å². The fourth-order valence-electron chi connectivity index (χ4n) is 0.622. The number of carboxylic acid groups (broad SMARTS) is 1. The molecular formula is C6H5BrN2O2. The molecule has 0 radical (unpaired) electrons. The summed E-state index contributed by atoms with van der Waals surface area (Å²) in [7, 11) is 0. The van der Waals surface area contributed by atoms with Crippen molar-refractivity contribution in [2.75, 3.05) is 0 Å². The minimum absolute atomic E-state index is 0.0683. The summed E-state index contributed by atoms with van der Waals surface area (Å²) in [5.74, 6) is -0.893. The molecule has 1 N–H and O–H groups in total. The van der Waals surface area contributed by atoms with E-state index in [1.165, 1.54) is 6.33 Å². The van der Waals surface area contributed by atoms with Gasteiger partial charge in [-0.05, 0) is 22.0 Å². The quantitative estimate of drug-likeness (QED) is 0.746. The maximum absolute atomic E-state index is 10.2. The molecule has 0 fully saturated rings. The summed E-state index contributed by atoms with van der Waals surface area (Å²) in [6.45, 7) is 0. The van der Waals surface area contributed by atoms with Crippen molar-refractivity contribution < 1.29 is 9.90 Å². The molecule has 0 unspecified atom stereocenters. The Morgan fingerprint density at radius 2 is 2.36 bits per heavy atom. The van der Waals surface area contributed by atoms with Crippen LogP contribution in [0, 0.1) is 0 Å². The fraction of sp³-hybridized carbons (Fsp3) is 0.167. The minimum Gasteiger partial charge on any atom is -0.481 e. The molecule has 0 atom stereocenters. The molecule has 58 valence electrons. The Hall–Kier alpha value is -0.970. The van der Waals surface area contributed by atoms with Gasteiger partial charge in [-0.1, -0.05) is 0 Å². The summed E-state index contributed by atoms with van der Waals surface area (Å²) < 4.78 is 0.601. The second-order valence-corrected chi connectivity index (χ2v) is 2.72. The van der Waals surface area contributed by atoms with E-state index in [1.807, 2.05) is 0 Å². The first kappa shape index (κ1) is 8.13. The van der Waals surface area contributed by atoms with Crippen molar-refractivity contribution in [2.45, 2.75) is 6.42 Å². The zero-order valence-electron chi connectivity index (χ0n) is 5.49. The SMILES string of the molecule is O=C(O)Cc1cc(Br)ncn1. The number of nitrogens with zero attached hydrogens (tertiary/aromatic N) is 2. The van der Waals surface area contributed by atoms with Crippen LogP contribution in [0.5, 0.6) is 0 Å². The summed E-state index contributed by atoms with van der Waals surface area (Å²) in [6, 6.07) is 1.58. The summed E-state index contributed by atoms with van der Waals surface area (Å²) in [5.41, 5.74) is 0.499. The first-order valence-electron chi connectivity index (χ1n) is 2.86. The number of aliphatic carboxylic acids is 1. The van der Waals surface area contributed by atoms with E-state index in [-0.39, 0.29) is 6.42 Å². The second-order valence-electron chi connectivity index (χ2n) is 1.90. The van der Waals surface area contributed by atoms with Gasteiger partial charge >= 0.3 is 5.97 Å². The smallest absolute Gasteiger partial charge is 0.309 e. The highest BCUT2D eigenvalue weighted by Gasteiger charge is 2.01. The van der Waals surface area contributed by atoms with Crippen molar-refractivity contribution >= 4 is 21.9 Å². The van der Waals surface area contributed by atoms with Crippen LogP contribution in [-0.4, -0.2) is 21.0 Å². The lowest BCUT2D eigenvalue weighted by atomic mass is 10.3. The van der Waals surface area contributed by atoms with Crippen molar-refractivity contribution in [3.8, 4) is 0 Å². The maximum Gasteiger partial charge on any atom is 0.309 e. The fourth-order valence-corrected chi connectivity index (χ4v) is 0.978. The third kappa shape index (κ3) is 2.63. The molecule has 0 aromatic carbocycles. The van der Waals surface area contributed by atoms with Crippen LogP contribution in [0.2, 0.25) is 0 Å². The Bertz CT molecular complexity index is 277. The van der Waals surface area contributed by atoms with Gasteiger partial charge in [0.1, 0.15) is 10.9 Å². The largest absolute Gasteiger partial charge is 0.481 e. The van der Waals surface area contributed by atoms with Gasteiger partial charge in [-0.15, -0.1) is 0 Å². The third-order valence-corrected chi connectivity index (χ3v) is 1.46. The van der Waals surface area contributed by atoms with E-state index >= 15 is 0 Å². The van der Waals surface area contributed by atoms with Gasteiger partial charge < -0.3 is 5.11 Å². The van der Waals surface area contributed by atoms with Gasteiger partial charge in [0.15, 0.2) is 0 Å². The first-order chi connectivity index (χ1) is 5.18. The van der Waals surface area contributed by atoms with Gasteiger partial charge in [0.25, 0.3) is 0 Å². The van der Waals surface area contributed by atoms with E-state index in [9.17, 15) is 4.79 Å². The van der Waals surface area contributed by atoms with Crippen LogP contribution in [0.1, 0.15) is 5.69 Å². The molecule has 0 saturated heterocycles. The molecule has 1 rings (SSSR count). The van der Waals surface area contributed by atoms with Crippen molar-refractivity contribution in [2.24, 2.45) is 0 Å². The summed E-state index contributed by atoms with van der Waals surface area (Å²) in [4.78, 5) is 17.7. The van der Waals surface area contributed by atoms with E-state index < -0.39 is 5.97 Å². The van der Waals surface area contributed by atoms with E-state index in [1.54, 1.807) is 6.07 Å². The normalized spacial score (nSPS) is 9.55. The standard InChI is InChI=1S/C6H5BrN2O2/c7-5-1-4(2-6(10)11)8-3-9-5/h1,3H,2H2,(H,10,11). The topological polar surface area (TPSA) is 63.1 Å². The number of aromatic nitrogens is 2. The van der Waals surface area contributed by atoms with Gasteiger partial charge in [0.2, 0.25) is 0 Å². The number of carboxylic acids is 1. The third-order valence-electron chi connectivity index (χ3n) is 1.02. The van der Waals surface area contributed by atoms with Gasteiger partial charge in [-0.3, -0.25) is 4.79 Å². The molecule has 0 amide bonds. The van der Waals surface area contributed by atoms with Crippen LogP contribution in [0.4, 0.5) is 0 Å². The zero-order chi connectivity index (χ0) is 8.27. The number of carbonyl (C=O) groups is 1. The molecule has 0 aliphatic heterocycles.